The summed E-state index contributed by atoms with van der Waals surface area (Å²) >= 11 is 5.26. The second-order valence-electron chi connectivity index (χ2n) is 9.89. The second kappa shape index (κ2) is 10.6. The second-order valence-corrected chi connectivity index (χ2v) is 15.7. The van der Waals surface area contributed by atoms with E-state index in [1.165, 1.54) is 6.20 Å². The molecule has 1 aliphatic heterocycles. The molecule has 188 valence electrons. The Morgan fingerprint density at radius 3 is 1.77 bits per heavy atom. The maximum absolute atomic E-state index is 13.6. The Balaban J connectivity index is 2.07. The molecule has 0 fully saturated rings. The lowest BCUT2D eigenvalue weighted by Crippen LogP contribution is -2.59. The maximum Gasteiger partial charge on any atom is 0.358 e. The van der Waals surface area contributed by atoms with Crippen LogP contribution >= 0.6 is 12.2 Å². The van der Waals surface area contributed by atoms with Crippen LogP contribution in [0, 0.1) is 4.64 Å². The van der Waals surface area contributed by atoms with Gasteiger partial charge in [0, 0.05) is 6.20 Å². The zero-order valence-corrected chi connectivity index (χ0v) is 23.2. The number of imide groups is 1. The van der Waals surface area contributed by atoms with Gasteiger partial charge in [-0.25, -0.2) is 4.79 Å². The van der Waals surface area contributed by atoms with Crippen LogP contribution in [0.3, 0.4) is 0 Å². The van der Waals surface area contributed by atoms with E-state index in [1.54, 1.807) is 49.4 Å². The van der Waals surface area contributed by atoms with Gasteiger partial charge >= 0.3 is 5.97 Å². The first-order chi connectivity index (χ1) is 16.4. The first-order valence-corrected chi connectivity index (χ1v) is 14.5. The van der Waals surface area contributed by atoms with E-state index in [1.807, 2.05) is 0 Å². The minimum absolute atomic E-state index is 0.242. The van der Waals surface area contributed by atoms with Crippen molar-refractivity contribution in [2.75, 3.05) is 0 Å². The van der Waals surface area contributed by atoms with E-state index in [4.69, 9.17) is 21.5 Å². The van der Waals surface area contributed by atoms with Gasteiger partial charge in [0.05, 0.1) is 17.2 Å². The lowest BCUT2D eigenvalue weighted by Gasteiger charge is -2.45. The first kappa shape index (κ1) is 27.0. The fraction of sp³-hybridized carbons (Fsp3) is 0.462. The van der Waals surface area contributed by atoms with Crippen LogP contribution < -0.4 is 4.84 Å². The van der Waals surface area contributed by atoms with Gasteiger partial charge in [-0.15, -0.1) is 0 Å². The number of pyridine rings is 1. The van der Waals surface area contributed by atoms with Crippen molar-refractivity contribution in [2.24, 2.45) is 0 Å². The summed E-state index contributed by atoms with van der Waals surface area (Å²) in [5.74, 6) is -1.86. The molecule has 9 heteroatoms. The topological polar surface area (TPSA) is 77.8 Å². The summed E-state index contributed by atoms with van der Waals surface area (Å²) in [5, 5.41) is 0. The van der Waals surface area contributed by atoms with Gasteiger partial charge in [-0.3, -0.25) is 14.5 Å². The van der Waals surface area contributed by atoms with E-state index in [-0.39, 0.29) is 32.4 Å². The number of fused-ring (bicyclic) bond motifs is 1. The van der Waals surface area contributed by atoms with Crippen molar-refractivity contribution in [3.8, 4) is 0 Å². The van der Waals surface area contributed by atoms with Gasteiger partial charge in [0.1, 0.15) is 4.64 Å². The van der Waals surface area contributed by atoms with Crippen molar-refractivity contribution in [3.05, 3.63) is 64.4 Å². The van der Waals surface area contributed by atoms with Gasteiger partial charge < -0.3 is 9.26 Å². The van der Waals surface area contributed by atoms with Crippen molar-refractivity contribution in [3.63, 3.8) is 0 Å². The third kappa shape index (κ3) is 4.89. The number of carbonyl (C=O) groups is 3. The van der Waals surface area contributed by atoms with Crippen LogP contribution in [0.5, 0.6) is 0 Å². The molecule has 3 rings (SSSR count). The van der Waals surface area contributed by atoms with Crippen LogP contribution in [0.4, 0.5) is 0 Å². The van der Waals surface area contributed by atoms with Crippen molar-refractivity contribution < 1.29 is 23.6 Å². The van der Waals surface area contributed by atoms with E-state index in [9.17, 15) is 14.4 Å². The molecule has 1 aromatic carbocycles. The molecule has 0 spiro atoms. The van der Waals surface area contributed by atoms with Gasteiger partial charge in [0.25, 0.3) is 11.8 Å². The Morgan fingerprint density at radius 1 is 0.829 bits per heavy atom. The van der Waals surface area contributed by atoms with E-state index in [0.717, 1.165) is 9.63 Å². The number of amides is 2. The number of rotatable bonds is 9. The molecule has 1 aliphatic rings. The quantitative estimate of drug-likeness (QED) is 0.253. The van der Waals surface area contributed by atoms with Crippen molar-refractivity contribution in [2.45, 2.75) is 77.2 Å². The summed E-state index contributed by atoms with van der Waals surface area (Å²) in [6.45, 7) is 14.6. The van der Waals surface area contributed by atoms with E-state index in [0.29, 0.717) is 0 Å². The standard InChI is InChI=1S/C26H34N2O5SSi/c1-16(2)35(17(3)4,18(5)6)33-19(7)23(26(31)32-27-15-11-10-14-22(27)34)28-24(29)20-12-8-9-13-21(20)25(28)30/h8-19,23H,1-7H3/t19-,23+/m1/s1. The SMILES string of the molecule is CC(C)[Si](O[C@H](C)[C@@H](C(=O)On1ccccc1=S)N1C(=O)c2ccccc2C1=O)(C(C)C)C(C)C. The Morgan fingerprint density at radius 2 is 1.31 bits per heavy atom. The van der Waals surface area contributed by atoms with Gasteiger partial charge in [0.15, 0.2) is 6.04 Å². The zero-order valence-electron chi connectivity index (χ0n) is 21.3. The van der Waals surface area contributed by atoms with E-state index in [2.05, 4.69) is 41.5 Å². The van der Waals surface area contributed by atoms with Gasteiger partial charge in [0.2, 0.25) is 8.32 Å². The highest BCUT2D eigenvalue weighted by molar-refractivity contribution is 7.71. The smallest absolute Gasteiger partial charge is 0.358 e. The predicted molar refractivity (Wildman–Crippen MR) is 139 cm³/mol. The Kier molecular flexibility index (Phi) is 8.13. The molecule has 2 aromatic rings. The van der Waals surface area contributed by atoms with Crippen LogP contribution in [-0.2, 0) is 9.22 Å². The molecule has 0 saturated carbocycles. The number of carbonyl (C=O) groups excluding carboxylic acids is 3. The molecular formula is C26H34N2O5SSi. The molecule has 1 aromatic heterocycles. The summed E-state index contributed by atoms with van der Waals surface area (Å²) < 4.78 is 8.28. The molecule has 0 bridgehead atoms. The number of nitrogens with zero attached hydrogens (tertiary/aromatic N) is 2. The third-order valence-corrected chi connectivity index (χ3v) is 13.4. The normalized spacial score (nSPS) is 15.7. The van der Waals surface area contributed by atoms with Gasteiger partial charge in [-0.2, -0.15) is 4.73 Å². The average molecular weight is 515 g/mol. The Bertz CT molecular complexity index is 1120. The van der Waals surface area contributed by atoms with Crippen LogP contribution in [0.15, 0.2) is 48.7 Å². The fourth-order valence-corrected chi connectivity index (χ4v) is 11.2. The molecule has 35 heavy (non-hydrogen) atoms. The van der Waals surface area contributed by atoms with E-state index >= 15 is 0 Å². The Labute approximate surface area is 213 Å². The van der Waals surface area contributed by atoms with E-state index < -0.39 is 38.2 Å². The number of benzene rings is 1. The average Bonchev–Trinajstić information content (AvgIpc) is 3.04. The highest BCUT2D eigenvalue weighted by Crippen LogP contribution is 2.43. The fourth-order valence-electron chi connectivity index (χ4n) is 5.40. The molecular weight excluding hydrogens is 480 g/mol. The minimum Gasteiger partial charge on any atom is -0.411 e. The summed E-state index contributed by atoms with van der Waals surface area (Å²) in [5.41, 5.74) is 1.25. The minimum atomic E-state index is -2.46. The lowest BCUT2D eigenvalue weighted by molar-refractivity contribution is -0.152. The molecule has 2 heterocycles. The molecule has 2 amide bonds. The zero-order chi connectivity index (χ0) is 26.1. The first-order valence-electron chi connectivity index (χ1n) is 12.0. The molecule has 0 radical (unpaired) electrons. The number of hydrogen-bond donors (Lipinski definition) is 0. The van der Waals surface area contributed by atoms with Gasteiger partial charge in [-0.05, 0) is 47.8 Å². The monoisotopic (exact) mass is 514 g/mol. The Hall–Kier alpha value is -2.62. The van der Waals surface area contributed by atoms with Crippen LogP contribution in [-0.4, -0.2) is 47.9 Å². The molecule has 7 nitrogen and oxygen atoms in total. The summed E-state index contributed by atoms with van der Waals surface area (Å²) in [4.78, 5) is 47.0. The summed E-state index contributed by atoms with van der Waals surface area (Å²) in [6, 6.07) is 10.3. The summed E-state index contributed by atoms with van der Waals surface area (Å²) in [7, 11) is -2.46. The molecule has 0 N–H and O–H groups in total. The highest BCUT2D eigenvalue weighted by atomic mass is 32.1. The third-order valence-electron chi connectivity index (χ3n) is 6.86. The molecule has 2 atom stereocenters. The predicted octanol–water partition coefficient (Wildman–Crippen LogP) is 5.42. The van der Waals surface area contributed by atoms with Crippen molar-refractivity contribution >= 4 is 38.3 Å². The highest BCUT2D eigenvalue weighted by Gasteiger charge is 2.51. The lowest BCUT2D eigenvalue weighted by atomic mass is 10.1. The van der Waals surface area contributed by atoms with Gasteiger partial charge in [-0.1, -0.05) is 72.0 Å². The maximum atomic E-state index is 13.6. The number of hydrogen-bond acceptors (Lipinski definition) is 6. The van der Waals surface area contributed by atoms with Crippen LogP contribution in [0.25, 0.3) is 0 Å². The largest absolute Gasteiger partial charge is 0.411 e. The van der Waals surface area contributed by atoms with Crippen LogP contribution in [0.1, 0.15) is 69.2 Å². The van der Waals surface area contributed by atoms with Crippen molar-refractivity contribution in [1.82, 2.24) is 9.63 Å². The molecule has 0 saturated heterocycles. The summed E-state index contributed by atoms with van der Waals surface area (Å²) in [6.07, 6.45) is 0.724. The van der Waals surface area contributed by atoms with Crippen LogP contribution in [0.2, 0.25) is 16.6 Å². The molecule has 0 aliphatic carbocycles. The number of aromatic nitrogens is 1. The molecule has 0 unspecified atom stereocenters. The van der Waals surface area contributed by atoms with Crippen molar-refractivity contribution in [1.29, 1.82) is 0 Å².